The van der Waals surface area contributed by atoms with E-state index in [0.29, 0.717) is 0 Å². The van der Waals surface area contributed by atoms with E-state index in [1.165, 1.54) is 31.4 Å². The molecule has 2 bridgehead atoms. The number of pyridine rings is 1. The Morgan fingerprint density at radius 1 is 1.44 bits per heavy atom. The molecular formula is C14H22N4. The van der Waals surface area contributed by atoms with Crippen LogP contribution in [0.15, 0.2) is 18.3 Å². The Bertz CT molecular complexity index is 420. The third-order valence-corrected chi connectivity index (χ3v) is 4.73. The van der Waals surface area contributed by atoms with E-state index in [4.69, 9.17) is 5.84 Å². The monoisotopic (exact) mass is 246 g/mol. The molecule has 3 rings (SSSR count). The topological polar surface area (TPSA) is 54.2 Å². The number of nitrogens with one attached hydrogen (secondary N) is 1. The maximum absolute atomic E-state index is 5.40. The normalized spacial score (nSPS) is 29.6. The first-order valence-corrected chi connectivity index (χ1v) is 6.90. The second kappa shape index (κ2) is 4.76. The summed E-state index contributed by atoms with van der Waals surface area (Å²) >= 11 is 0. The summed E-state index contributed by atoms with van der Waals surface area (Å²) in [5.41, 5.74) is 3.80. The molecular weight excluding hydrogens is 224 g/mol. The van der Waals surface area contributed by atoms with Gasteiger partial charge in [0.25, 0.3) is 0 Å². The molecule has 0 amide bonds. The highest BCUT2D eigenvalue weighted by Gasteiger charge is 2.39. The van der Waals surface area contributed by atoms with E-state index in [1.807, 2.05) is 18.3 Å². The summed E-state index contributed by atoms with van der Waals surface area (Å²) in [6, 6.07) is 4.06. The fraction of sp³-hybridized carbons (Fsp3) is 0.643. The van der Waals surface area contributed by atoms with Crippen molar-refractivity contribution in [3.63, 3.8) is 0 Å². The molecule has 0 saturated heterocycles. The van der Waals surface area contributed by atoms with Gasteiger partial charge in [-0.2, -0.15) is 0 Å². The van der Waals surface area contributed by atoms with E-state index in [0.717, 1.165) is 30.1 Å². The molecule has 1 aromatic heterocycles. The molecule has 3 atom stereocenters. The van der Waals surface area contributed by atoms with Gasteiger partial charge in [0.2, 0.25) is 0 Å². The van der Waals surface area contributed by atoms with Crippen molar-refractivity contribution in [2.45, 2.75) is 25.7 Å². The number of anilines is 2. The van der Waals surface area contributed by atoms with Crippen molar-refractivity contribution >= 4 is 11.5 Å². The second-order valence-electron chi connectivity index (χ2n) is 5.86. The molecule has 3 N–H and O–H groups in total. The smallest absolute Gasteiger partial charge is 0.141 e. The van der Waals surface area contributed by atoms with Crippen LogP contribution in [0.3, 0.4) is 0 Å². The van der Waals surface area contributed by atoms with E-state index in [2.05, 4.69) is 22.4 Å². The van der Waals surface area contributed by atoms with E-state index >= 15 is 0 Å². The van der Waals surface area contributed by atoms with Gasteiger partial charge in [0.15, 0.2) is 0 Å². The highest BCUT2D eigenvalue weighted by Crippen LogP contribution is 2.48. The first-order valence-electron chi connectivity index (χ1n) is 6.90. The number of rotatable bonds is 4. The Labute approximate surface area is 109 Å². The van der Waals surface area contributed by atoms with Gasteiger partial charge in [-0.05, 0) is 43.1 Å². The van der Waals surface area contributed by atoms with E-state index in [1.54, 1.807) is 0 Å². The standard InChI is InChI=1S/C14H22N4/c1-18(13-4-5-16-14(8-13)17-15)9-12-7-10-2-3-11(12)6-10/h4-5,8,10-12H,2-3,6-7,9,15H2,1H3,(H,16,17). The van der Waals surface area contributed by atoms with E-state index < -0.39 is 0 Å². The van der Waals surface area contributed by atoms with Gasteiger partial charge in [-0.15, -0.1) is 0 Å². The molecule has 0 aliphatic heterocycles. The molecule has 1 aromatic rings. The van der Waals surface area contributed by atoms with Gasteiger partial charge in [0, 0.05) is 31.5 Å². The molecule has 2 aliphatic rings. The lowest BCUT2D eigenvalue weighted by molar-refractivity contribution is 0.337. The van der Waals surface area contributed by atoms with Gasteiger partial charge >= 0.3 is 0 Å². The number of hydrogen-bond donors (Lipinski definition) is 2. The van der Waals surface area contributed by atoms with Crippen molar-refractivity contribution in [3.05, 3.63) is 18.3 Å². The third kappa shape index (κ3) is 2.17. The van der Waals surface area contributed by atoms with Crippen LogP contribution in [0, 0.1) is 17.8 Å². The van der Waals surface area contributed by atoms with Gasteiger partial charge < -0.3 is 10.3 Å². The second-order valence-corrected chi connectivity index (χ2v) is 5.86. The quantitative estimate of drug-likeness (QED) is 0.632. The molecule has 18 heavy (non-hydrogen) atoms. The number of hydrogen-bond acceptors (Lipinski definition) is 4. The summed E-state index contributed by atoms with van der Waals surface area (Å²) in [6.07, 6.45) is 7.64. The molecule has 0 spiro atoms. The zero-order valence-electron chi connectivity index (χ0n) is 11.0. The van der Waals surface area contributed by atoms with Crippen molar-refractivity contribution < 1.29 is 0 Å². The summed E-state index contributed by atoms with van der Waals surface area (Å²) in [5.74, 6) is 9.01. The Balaban J connectivity index is 1.65. The highest BCUT2D eigenvalue weighted by molar-refractivity contribution is 5.52. The maximum Gasteiger partial charge on any atom is 0.141 e. The van der Waals surface area contributed by atoms with Crippen molar-refractivity contribution in [2.24, 2.45) is 23.6 Å². The van der Waals surface area contributed by atoms with Crippen LogP contribution >= 0.6 is 0 Å². The van der Waals surface area contributed by atoms with Crippen LogP contribution in [0.25, 0.3) is 0 Å². The zero-order chi connectivity index (χ0) is 12.5. The Morgan fingerprint density at radius 2 is 2.33 bits per heavy atom. The molecule has 2 fully saturated rings. The van der Waals surface area contributed by atoms with Crippen molar-refractivity contribution in [3.8, 4) is 0 Å². The van der Waals surface area contributed by atoms with Crippen LogP contribution in [-0.2, 0) is 0 Å². The van der Waals surface area contributed by atoms with Crippen molar-refractivity contribution in [2.75, 3.05) is 23.9 Å². The minimum atomic E-state index is 0.729. The average Bonchev–Trinajstić information content (AvgIpc) is 3.01. The van der Waals surface area contributed by atoms with Crippen molar-refractivity contribution in [1.29, 1.82) is 0 Å². The Kier molecular flexibility index (Phi) is 3.12. The Morgan fingerprint density at radius 3 is 3.00 bits per heavy atom. The van der Waals surface area contributed by atoms with Crippen LogP contribution in [0.4, 0.5) is 11.5 Å². The number of fused-ring (bicyclic) bond motifs is 2. The summed E-state index contributed by atoms with van der Waals surface area (Å²) in [6.45, 7) is 1.16. The van der Waals surface area contributed by atoms with Crippen LogP contribution in [0.5, 0.6) is 0 Å². The number of aromatic nitrogens is 1. The lowest BCUT2D eigenvalue weighted by Gasteiger charge is -2.28. The van der Waals surface area contributed by atoms with Gasteiger partial charge in [-0.1, -0.05) is 6.42 Å². The summed E-state index contributed by atoms with van der Waals surface area (Å²) < 4.78 is 0. The number of nitrogens with two attached hydrogens (primary N) is 1. The Hall–Kier alpha value is -1.29. The molecule has 98 valence electrons. The fourth-order valence-electron chi connectivity index (χ4n) is 3.79. The van der Waals surface area contributed by atoms with Crippen LogP contribution < -0.4 is 16.2 Å². The molecule has 4 nitrogen and oxygen atoms in total. The predicted molar refractivity (Wildman–Crippen MR) is 74.3 cm³/mol. The van der Waals surface area contributed by atoms with Gasteiger partial charge in [-0.25, -0.2) is 10.8 Å². The summed E-state index contributed by atoms with van der Waals surface area (Å²) in [4.78, 5) is 6.49. The zero-order valence-corrected chi connectivity index (χ0v) is 11.0. The first-order chi connectivity index (χ1) is 8.76. The average molecular weight is 246 g/mol. The largest absolute Gasteiger partial charge is 0.374 e. The van der Waals surface area contributed by atoms with Crippen LogP contribution in [0.1, 0.15) is 25.7 Å². The number of hydrazine groups is 1. The highest BCUT2D eigenvalue weighted by atomic mass is 15.2. The predicted octanol–water partition coefficient (Wildman–Crippen LogP) is 2.24. The fourth-order valence-corrected chi connectivity index (χ4v) is 3.79. The molecule has 4 heteroatoms. The molecule has 0 radical (unpaired) electrons. The number of nitrogens with zero attached hydrogens (tertiary/aromatic N) is 2. The summed E-state index contributed by atoms with van der Waals surface area (Å²) in [7, 11) is 2.17. The molecule has 3 unspecified atom stereocenters. The van der Waals surface area contributed by atoms with Crippen molar-refractivity contribution in [1.82, 2.24) is 4.98 Å². The molecule has 1 heterocycles. The molecule has 2 aliphatic carbocycles. The SMILES string of the molecule is CN(CC1CC2CCC1C2)c1ccnc(NN)c1. The van der Waals surface area contributed by atoms with Crippen LogP contribution in [-0.4, -0.2) is 18.6 Å². The molecule has 2 saturated carbocycles. The molecule has 0 aromatic carbocycles. The van der Waals surface area contributed by atoms with E-state index in [-0.39, 0.29) is 0 Å². The minimum Gasteiger partial charge on any atom is -0.374 e. The maximum atomic E-state index is 5.40. The lowest BCUT2D eigenvalue weighted by Crippen LogP contribution is -2.28. The van der Waals surface area contributed by atoms with Gasteiger partial charge in [0.05, 0.1) is 0 Å². The minimum absolute atomic E-state index is 0.729. The van der Waals surface area contributed by atoms with Gasteiger partial charge in [0.1, 0.15) is 5.82 Å². The lowest BCUT2D eigenvalue weighted by atomic mass is 9.88. The third-order valence-electron chi connectivity index (χ3n) is 4.73. The first kappa shape index (κ1) is 11.8. The van der Waals surface area contributed by atoms with Crippen LogP contribution in [0.2, 0.25) is 0 Å². The number of nitrogen functional groups attached to an aromatic ring is 1. The van der Waals surface area contributed by atoms with E-state index in [9.17, 15) is 0 Å². The summed E-state index contributed by atoms with van der Waals surface area (Å²) in [5, 5.41) is 0. The van der Waals surface area contributed by atoms with Gasteiger partial charge in [-0.3, -0.25) is 0 Å².